The highest BCUT2D eigenvalue weighted by atomic mass is 32.2. The quantitative estimate of drug-likeness (QED) is 0.482. The van der Waals surface area contributed by atoms with Crippen LogP contribution in [-0.4, -0.2) is 105 Å². The van der Waals surface area contributed by atoms with Gasteiger partial charge in [-0.05, 0) is 45.2 Å². The summed E-state index contributed by atoms with van der Waals surface area (Å²) in [5.41, 5.74) is 0. The summed E-state index contributed by atoms with van der Waals surface area (Å²) in [5, 5.41) is 3.37. The zero-order valence-corrected chi connectivity index (χ0v) is 18.9. The Morgan fingerprint density at radius 3 is 2.57 bits per heavy atom. The molecule has 7 nitrogen and oxygen atoms in total. The van der Waals surface area contributed by atoms with Gasteiger partial charge in [-0.1, -0.05) is 6.42 Å². The Morgan fingerprint density at radius 2 is 1.86 bits per heavy atom. The zero-order chi connectivity index (χ0) is 19.8. The number of sulfonamides is 1. The number of likely N-dealkylation sites (tertiary alicyclic amines) is 2. The van der Waals surface area contributed by atoms with Gasteiger partial charge in [0.05, 0.1) is 12.3 Å². The molecule has 3 heterocycles. The number of nitrogens with one attached hydrogen (secondary N) is 1. The largest absolute Gasteiger partial charge is 0.357 e. The Morgan fingerprint density at radius 1 is 1.11 bits per heavy atom. The molecule has 0 saturated carbocycles. The SMILES string of the molecule is CCNC(=NCCS(=O)(=O)N1CCSCC1)N1CCC(CN2CCCCC2)C1. The van der Waals surface area contributed by atoms with Gasteiger partial charge < -0.3 is 15.1 Å². The summed E-state index contributed by atoms with van der Waals surface area (Å²) in [6.45, 7) is 10.2. The van der Waals surface area contributed by atoms with E-state index in [1.54, 1.807) is 4.31 Å². The first-order valence-corrected chi connectivity index (χ1v) is 13.7. The van der Waals surface area contributed by atoms with Crippen LogP contribution in [0.4, 0.5) is 0 Å². The summed E-state index contributed by atoms with van der Waals surface area (Å²) in [6.07, 6.45) is 5.25. The topological polar surface area (TPSA) is 68.2 Å². The van der Waals surface area contributed by atoms with E-state index in [4.69, 9.17) is 0 Å². The van der Waals surface area contributed by atoms with E-state index in [1.807, 2.05) is 11.8 Å². The molecule has 0 aromatic heterocycles. The number of rotatable bonds is 7. The Hall–Kier alpha value is -0.510. The second kappa shape index (κ2) is 11.0. The molecule has 0 aliphatic carbocycles. The molecule has 3 aliphatic heterocycles. The standard InChI is InChI=1S/C19H37N5O2S2/c1-2-20-19(21-7-15-28(25,26)24-11-13-27-14-12-24)23-10-6-18(17-23)16-22-8-4-3-5-9-22/h18H,2-17H2,1H3,(H,20,21). The monoisotopic (exact) mass is 431 g/mol. The van der Waals surface area contributed by atoms with Crippen molar-refractivity contribution >= 4 is 27.7 Å². The normalized spacial score (nSPS) is 26.0. The van der Waals surface area contributed by atoms with Crippen molar-refractivity contribution in [3.8, 4) is 0 Å². The molecule has 28 heavy (non-hydrogen) atoms. The van der Waals surface area contributed by atoms with Gasteiger partial charge in [0.15, 0.2) is 5.96 Å². The van der Waals surface area contributed by atoms with Crippen LogP contribution in [0.2, 0.25) is 0 Å². The molecule has 3 fully saturated rings. The first-order chi connectivity index (χ1) is 13.6. The maximum absolute atomic E-state index is 12.5. The van der Waals surface area contributed by atoms with E-state index in [9.17, 15) is 8.42 Å². The lowest BCUT2D eigenvalue weighted by molar-refractivity contribution is 0.198. The molecule has 0 amide bonds. The maximum Gasteiger partial charge on any atom is 0.215 e. The Kier molecular flexibility index (Phi) is 8.74. The van der Waals surface area contributed by atoms with Crippen molar-refractivity contribution in [1.29, 1.82) is 0 Å². The molecular weight excluding hydrogens is 394 g/mol. The molecule has 1 atom stereocenters. The van der Waals surface area contributed by atoms with Crippen molar-refractivity contribution in [3.63, 3.8) is 0 Å². The number of hydrogen-bond acceptors (Lipinski definition) is 5. The van der Waals surface area contributed by atoms with E-state index in [0.717, 1.165) is 37.1 Å². The van der Waals surface area contributed by atoms with Crippen LogP contribution in [0.1, 0.15) is 32.6 Å². The molecule has 3 saturated heterocycles. The predicted molar refractivity (Wildman–Crippen MR) is 119 cm³/mol. The highest BCUT2D eigenvalue weighted by Gasteiger charge is 2.27. The minimum atomic E-state index is -3.19. The van der Waals surface area contributed by atoms with E-state index in [0.29, 0.717) is 25.6 Å². The fourth-order valence-electron chi connectivity index (χ4n) is 4.33. The summed E-state index contributed by atoms with van der Waals surface area (Å²) in [4.78, 5) is 9.60. The summed E-state index contributed by atoms with van der Waals surface area (Å²) in [5.74, 6) is 3.48. The molecule has 1 unspecified atom stereocenters. The third-order valence-electron chi connectivity index (χ3n) is 5.86. The van der Waals surface area contributed by atoms with Gasteiger partial charge in [0.2, 0.25) is 10.0 Å². The van der Waals surface area contributed by atoms with Crippen molar-refractivity contribution < 1.29 is 8.42 Å². The molecule has 0 aromatic carbocycles. The zero-order valence-electron chi connectivity index (χ0n) is 17.3. The molecule has 0 radical (unpaired) electrons. The third kappa shape index (κ3) is 6.50. The van der Waals surface area contributed by atoms with Gasteiger partial charge in [0.25, 0.3) is 0 Å². The van der Waals surface area contributed by atoms with Crippen LogP contribution in [0.15, 0.2) is 4.99 Å². The number of piperidine rings is 1. The van der Waals surface area contributed by atoms with Gasteiger partial charge in [-0.2, -0.15) is 11.8 Å². The van der Waals surface area contributed by atoms with E-state index >= 15 is 0 Å². The van der Waals surface area contributed by atoms with Crippen LogP contribution in [-0.2, 0) is 10.0 Å². The van der Waals surface area contributed by atoms with Crippen LogP contribution in [0.5, 0.6) is 0 Å². The third-order valence-corrected chi connectivity index (χ3v) is 8.65. The van der Waals surface area contributed by atoms with Crippen molar-refractivity contribution in [2.24, 2.45) is 10.9 Å². The first kappa shape index (κ1) is 22.2. The van der Waals surface area contributed by atoms with E-state index < -0.39 is 10.0 Å². The van der Waals surface area contributed by atoms with Crippen LogP contribution in [0.25, 0.3) is 0 Å². The van der Waals surface area contributed by atoms with Crippen molar-refractivity contribution in [2.45, 2.75) is 32.6 Å². The summed E-state index contributed by atoms with van der Waals surface area (Å²) in [6, 6.07) is 0. The van der Waals surface area contributed by atoms with Crippen molar-refractivity contribution in [3.05, 3.63) is 0 Å². The van der Waals surface area contributed by atoms with Crippen LogP contribution in [0.3, 0.4) is 0 Å². The minimum absolute atomic E-state index is 0.109. The molecule has 3 rings (SSSR count). The highest BCUT2D eigenvalue weighted by molar-refractivity contribution is 7.99. The van der Waals surface area contributed by atoms with E-state index in [-0.39, 0.29) is 5.75 Å². The lowest BCUT2D eigenvalue weighted by Gasteiger charge is -2.29. The average Bonchev–Trinajstić information content (AvgIpc) is 3.17. The second-order valence-corrected chi connectivity index (χ2v) is 11.3. The fourth-order valence-corrected chi connectivity index (χ4v) is 6.78. The molecule has 0 aromatic rings. The smallest absolute Gasteiger partial charge is 0.215 e. The van der Waals surface area contributed by atoms with E-state index in [2.05, 4.69) is 27.0 Å². The number of aliphatic imine (C=N–C) groups is 1. The Bertz CT molecular complexity index is 601. The van der Waals surface area contributed by atoms with Gasteiger partial charge in [0.1, 0.15) is 0 Å². The molecule has 9 heteroatoms. The van der Waals surface area contributed by atoms with Gasteiger partial charge in [-0.25, -0.2) is 12.7 Å². The maximum atomic E-state index is 12.5. The Labute approximate surface area is 175 Å². The summed E-state index contributed by atoms with van der Waals surface area (Å²) < 4.78 is 26.7. The predicted octanol–water partition coefficient (Wildman–Crippen LogP) is 1.14. The molecule has 3 aliphatic rings. The van der Waals surface area contributed by atoms with Crippen LogP contribution < -0.4 is 5.32 Å². The number of hydrogen-bond donors (Lipinski definition) is 1. The summed E-state index contributed by atoms with van der Waals surface area (Å²) >= 11 is 1.83. The lowest BCUT2D eigenvalue weighted by Crippen LogP contribution is -2.42. The minimum Gasteiger partial charge on any atom is -0.357 e. The number of nitrogens with zero attached hydrogens (tertiary/aromatic N) is 4. The second-order valence-electron chi connectivity index (χ2n) is 8.03. The fraction of sp³-hybridized carbons (Fsp3) is 0.947. The van der Waals surface area contributed by atoms with Gasteiger partial charge in [-0.3, -0.25) is 4.99 Å². The summed E-state index contributed by atoms with van der Waals surface area (Å²) in [7, 11) is -3.19. The van der Waals surface area contributed by atoms with Gasteiger partial charge >= 0.3 is 0 Å². The molecular formula is C19H37N5O2S2. The van der Waals surface area contributed by atoms with E-state index in [1.165, 1.54) is 45.3 Å². The van der Waals surface area contributed by atoms with Crippen molar-refractivity contribution in [2.75, 3.05) is 76.2 Å². The molecule has 0 spiro atoms. The van der Waals surface area contributed by atoms with Crippen molar-refractivity contribution in [1.82, 2.24) is 19.4 Å². The number of guanidine groups is 1. The van der Waals surface area contributed by atoms with Crippen LogP contribution in [0, 0.1) is 5.92 Å². The molecule has 162 valence electrons. The first-order valence-electron chi connectivity index (χ1n) is 10.9. The lowest BCUT2D eigenvalue weighted by atomic mass is 10.1. The molecule has 0 bridgehead atoms. The molecule has 1 N–H and O–H groups in total. The van der Waals surface area contributed by atoms with Crippen LogP contribution >= 0.6 is 11.8 Å². The number of thioether (sulfide) groups is 1. The average molecular weight is 432 g/mol. The highest BCUT2D eigenvalue weighted by Crippen LogP contribution is 2.20. The van der Waals surface area contributed by atoms with Gasteiger partial charge in [-0.15, -0.1) is 0 Å². The van der Waals surface area contributed by atoms with Gasteiger partial charge in [0, 0.05) is 50.8 Å². The Balaban J connectivity index is 1.49.